The zero-order chi connectivity index (χ0) is 31.5. The highest BCUT2D eigenvalue weighted by Gasteiger charge is 2.35. The molecule has 4 aromatic carbocycles. The Hall–Kier alpha value is -4.61. The van der Waals surface area contributed by atoms with Crippen molar-refractivity contribution >= 4 is 55.9 Å². The number of amides is 1. The van der Waals surface area contributed by atoms with Crippen molar-refractivity contribution in [3.8, 4) is 11.5 Å². The molecule has 0 saturated heterocycles. The van der Waals surface area contributed by atoms with Crippen molar-refractivity contribution in [1.82, 2.24) is 9.58 Å². The van der Waals surface area contributed by atoms with Gasteiger partial charge >= 0.3 is 0 Å². The molecule has 45 heavy (non-hydrogen) atoms. The van der Waals surface area contributed by atoms with E-state index in [1.165, 1.54) is 23.9 Å². The quantitative estimate of drug-likeness (QED) is 0.0844. The van der Waals surface area contributed by atoms with Crippen LogP contribution in [-0.2, 0) is 11.3 Å². The van der Waals surface area contributed by atoms with Crippen molar-refractivity contribution < 1.29 is 19.2 Å². The number of rotatable bonds is 10. The molecule has 0 bridgehead atoms. The summed E-state index contributed by atoms with van der Waals surface area (Å²) < 4.78 is 14.4. The van der Waals surface area contributed by atoms with Gasteiger partial charge in [-0.1, -0.05) is 70.5 Å². The number of methoxy groups -OCH3 is 2. The third-order valence-electron chi connectivity index (χ3n) is 7.74. The first kappa shape index (κ1) is 30.4. The standard InChI is InChI=1S/C34H29BrN4O5S/c1-43-31-9-5-7-27(34(31)44-2)30-18-28(23-12-14-24(35)15-13-23)36-38(30)33(40)21-45-32-20-37(29-8-4-3-6-26(29)32)19-22-10-16-25(17-11-22)39(41)42/h3-17,20,30H,18-19,21H2,1-2H3. The lowest BCUT2D eigenvalue weighted by atomic mass is 9.97. The van der Waals surface area contributed by atoms with Crippen LogP contribution in [0.5, 0.6) is 11.5 Å². The Balaban J connectivity index is 1.28. The number of hydrogen-bond acceptors (Lipinski definition) is 7. The summed E-state index contributed by atoms with van der Waals surface area (Å²) in [5, 5.41) is 18.5. The zero-order valence-corrected chi connectivity index (χ0v) is 27.0. The fraction of sp³-hybridized carbons (Fsp3) is 0.176. The monoisotopic (exact) mass is 684 g/mol. The lowest BCUT2D eigenvalue weighted by Crippen LogP contribution is -2.28. The molecule has 0 N–H and O–H groups in total. The van der Waals surface area contributed by atoms with Crippen LogP contribution in [0.4, 0.5) is 5.69 Å². The summed E-state index contributed by atoms with van der Waals surface area (Å²) in [5.41, 5.74) is 4.60. The second kappa shape index (κ2) is 13.2. The van der Waals surface area contributed by atoms with Crippen LogP contribution >= 0.6 is 27.7 Å². The Morgan fingerprint density at radius 1 is 1.00 bits per heavy atom. The summed E-state index contributed by atoms with van der Waals surface area (Å²) >= 11 is 4.96. The number of carbonyl (C=O) groups is 1. The molecule has 1 aliphatic rings. The molecule has 0 saturated carbocycles. The fourth-order valence-corrected chi connectivity index (χ4v) is 6.76. The summed E-state index contributed by atoms with van der Waals surface area (Å²) in [6, 6.07) is 27.8. The van der Waals surface area contributed by atoms with Crippen LogP contribution in [0.1, 0.15) is 29.2 Å². The van der Waals surface area contributed by atoms with E-state index >= 15 is 0 Å². The van der Waals surface area contributed by atoms with E-state index in [1.54, 1.807) is 31.4 Å². The number of hydrazone groups is 1. The van der Waals surface area contributed by atoms with Gasteiger partial charge in [0.25, 0.3) is 11.6 Å². The highest BCUT2D eigenvalue weighted by molar-refractivity contribution is 9.10. The number of carbonyl (C=O) groups excluding carboxylic acids is 1. The van der Waals surface area contributed by atoms with Gasteiger partial charge in [0.05, 0.1) is 36.6 Å². The van der Waals surface area contributed by atoms with Crippen molar-refractivity contribution in [3.63, 3.8) is 0 Å². The number of fused-ring (bicyclic) bond motifs is 1. The van der Waals surface area contributed by atoms with Gasteiger partial charge in [-0.3, -0.25) is 14.9 Å². The number of nitrogens with zero attached hydrogens (tertiary/aromatic N) is 4. The largest absolute Gasteiger partial charge is 0.493 e. The average molecular weight is 686 g/mol. The number of halogens is 1. The third-order valence-corrected chi connectivity index (χ3v) is 9.30. The molecule has 0 fully saturated rings. The summed E-state index contributed by atoms with van der Waals surface area (Å²) in [7, 11) is 3.19. The van der Waals surface area contributed by atoms with E-state index in [1.807, 2.05) is 72.9 Å². The minimum Gasteiger partial charge on any atom is -0.493 e. The number of ether oxygens (including phenoxy) is 2. The number of nitro groups is 1. The molecule has 1 amide bonds. The Labute approximate surface area is 272 Å². The van der Waals surface area contributed by atoms with E-state index in [9.17, 15) is 14.9 Å². The summed E-state index contributed by atoms with van der Waals surface area (Å²) in [6.07, 6.45) is 2.56. The van der Waals surface area contributed by atoms with E-state index in [0.717, 1.165) is 42.7 Å². The Morgan fingerprint density at radius 3 is 2.47 bits per heavy atom. The van der Waals surface area contributed by atoms with Gasteiger partial charge in [-0.15, -0.1) is 11.8 Å². The molecular formula is C34H29BrN4O5S. The van der Waals surface area contributed by atoms with Gasteiger partial charge in [-0.2, -0.15) is 5.10 Å². The minimum absolute atomic E-state index is 0.0589. The molecule has 1 atom stereocenters. The van der Waals surface area contributed by atoms with Gasteiger partial charge in [0.2, 0.25) is 0 Å². The SMILES string of the molecule is COc1cccc(C2CC(c3ccc(Br)cc3)=NN2C(=O)CSc2cn(Cc3ccc([N+](=O)[O-])cc3)c3ccccc23)c1OC. The van der Waals surface area contributed by atoms with Crippen LogP contribution in [0.25, 0.3) is 10.9 Å². The molecule has 0 aliphatic carbocycles. The first-order chi connectivity index (χ1) is 21.9. The van der Waals surface area contributed by atoms with Crippen molar-refractivity contribution in [2.75, 3.05) is 20.0 Å². The van der Waals surface area contributed by atoms with E-state index in [-0.39, 0.29) is 23.4 Å². The first-order valence-corrected chi connectivity index (χ1v) is 15.9. The molecule has 1 aromatic heterocycles. The molecule has 1 aliphatic heterocycles. The minimum atomic E-state index is -0.401. The number of non-ortho nitro benzene ring substituents is 1. The topological polar surface area (TPSA) is 99.2 Å². The van der Waals surface area contributed by atoms with E-state index in [0.29, 0.717) is 24.5 Å². The summed E-state index contributed by atoms with van der Waals surface area (Å²) in [6.45, 7) is 0.539. The van der Waals surface area contributed by atoms with E-state index in [4.69, 9.17) is 14.6 Å². The number of aromatic nitrogens is 1. The average Bonchev–Trinajstić information content (AvgIpc) is 3.66. The molecule has 228 valence electrons. The number of para-hydroxylation sites is 2. The number of hydrogen-bond donors (Lipinski definition) is 0. The van der Waals surface area contributed by atoms with Crippen molar-refractivity contribution in [2.45, 2.75) is 23.9 Å². The van der Waals surface area contributed by atoms with E-state index in [2.05, 4.69) is 20.5 Å². The van der Waals surface area contributed by atoms with Crippen LogP contribution in [0, 0.1) is 10.1 Å². The third kappa shape index (κ3) is 6.31. The van der Waals surface area contributed by atoms with Crippen molar-refractivity contribution in [3.05, 3.63) is 128 Å². The smallest absolute Gasteiger partial charge is 0.269 e. The van der Waals surface area contributed by atoms with Gasteiger partial charge in [0.1, 0.15) is 0 Å². The predicted octanol–water partition coefficient (Wildman–Crippen LogP) is 7.85. The molecule has 0 spiro atoms. The van der Waals surface area contributed by atoms with Gasteiger partial charge in [-0.25, -0.2) is 5.01 Å². The molecular weight excluding hydrogens is 656 g/mol. The Morgan fingerprint density at radius 2 is 1.76 bits per heavy atom. The zero-order valence-electron chi connectivity index (χ0n) is 24.6. The highest BCUT2D eigenvalue weighted by atomic mass is 79.9. The molecule has 11 heteroatoms. The number of benzene rings is 4. The number of nitro benzene ring substituents is 1. The van der Waals surface area contributed by atoms with Crippen LogP contribution < -0.4 is 9.47 Å². The van der Waals surface area contributed by atoms with Crippen LogP contribution in [0.3, 0.4) is 0 Å². The van der Waals surface area contributed by atoms with E-state index < -0.39 is 4.92 Å². The van der Waals surface area contributed by atoms with Gasteiger partial charge < -0.3 is 14.0 Å². The maximum Gasteiger partial charge on any atom is 0.269 e. The molecule has 2 heterocycles. The fourth-order valence-electron chi connectivity index (χ4n) is 5.56. The summed E-state index contributed by atoms with van der Waals surface area (Å²) in [5.74, 6) is 1.21. The maximum atomic E-state index is 14.0. The van der Waals surface area contributed by atoms with Crippen molar-refractivity contribution in [2.24, 2.45) is 5.10 Å². The van der Waals surface area contributed by atoms with Crippen LogP contribution in [0.15, 0.2) is 112 Å². The Bertz CT molecular complexity index is 1910. The summed E-state index contributed by atoms with van der Waals surface area (Å²) in [4.78, 5) is 25.6. The van der Waals surface area contributed by atoms with Crippen LogP contribution in [0.2, 0.25) is 0 Å². The second-order valence-corrected chi connectivity index (χ2v) is 12.4. The predicted molar refractivity (Wildman–Crippen MR) is 179 cm³/mol. The molecule has 0 radical (unpaired) electrons. The normalized spacial score (nSPS) is 14.4. The van der Waals surface area contributed by atoms with Crippen LogP contribution in [-0.4, -0.2) is 46.1 Å². The molecule has 9 nitrogen and oxygen atoms in total. The lowest BCUT2D eigenvalue weighted by Gasteiger charge is -2.24. The van der Waals surface area contributed by atoms with Gasteiger partial charge in [0.15, 0.2) is 11.5 Å². The molecule has 6 rings (SSSR count). The number of thioether (sulfide) groups is 1. The molecule has 1 unspecified atom stereocenters. The highest BCUT2D eigenvalue weighted by Crippen LogP contribution is 2.42. The van der Waals surface area contributed by atoms with Gasteiger partial charge in [-0.05, 0) is 35.4 Å². The van der Waals surface area contributed by atoms with Gasteiger partial charge in [0, 0.05) is 57.1 Å². The second-order valence-electron chi connectivity index (χ2n) is 10.4. The maximum absolute atomic E-state index is 14.0. The van der Waals surface area contributed by atoms with Crippen molar-refractivity contribution in [1.29, 1.82) is 0 Å². The lowest BCUT2D eigenvalue weighted by molar-refractivity contribution is -0.384. The molecule has 5 aromatic rings. The Kier molecular flexibility index (Phi) is 8.90. The first-order valence-electron chi connectivity index (χ1n) is 14.2.